The zero-order valence-electron chi connectivity index (χ0n) is 16.4. The van der Waals surface area contributed by atoms with Crippen LogP contribution >= 0.6 is 0 Å². The Morgan fingerprint density at radius 2 is 1.79 bits per heavy atom. The second-order valence-corrected chi connectivity index (χ2v) is 10.1. The van der Waals surface area contributed by atoms with E-state index in [-0.39, 0.29) is 28.6 Å². The molecule has 29 heavy (non-hydrogen) atoms. The van der Waals surface area contributed by atoms with Gasteiger partial charge in [-0.3, -0.25) is 4.79 Å². The molecule has 1 amide bonds. The van der Waals surface area contributed by atoms with Gasteiger partial charge in [-0.15, -0.1) is 0 Å². The Kier molecular flexibility index (Phi) is 3.81. The Morgan fingerprint density at radius 3 is 2.38 bits per heavy atom. The van der Waals surface area contributed by atoms with Crippen molar-refractivity contribution in [2.75, 3.05) is 6.54 Å². The van der Waals surface area contributed by atoms with E-state index in [4.69, 9.17) is 0 Å². The highest BCUT2D eigenvalue weighted by Crippen LogP contribution is 2.59. The summed E-state index contributed by atoms with van der Waals surface area (Å²) < 4.78 is 28.2. The molecule has 0 aliphatic heterocycles. The van der Waals surface area contributed by atoms with Crippen LogP contribution < -0.4 is 5.32 Å². The number of alkyl halides is 2. The van der Waals surface area contributed by atoms with Gasteiger partial charge in [-0.25, -0.2) is 18.3 Å². The molecule has 2 aromatic heterocycles. The maximum absolute atomic E-state index is 13.6. The van der Waals surface area contributed by atoms with Crippen molar-refractivity contribution in [1.82, 2.24) is 19.9 Å². The molecule has 0 unspecified atom stereocenters. The molecular weight excluding hydrogens is 374 g/mol. The third kappa shape index (κ3) is 3.04. The van der Waals surface area contributed by atoms with E-state index in [1.54, 1.807) is 6.07 Å². The number of amides is 1. The minimum absolute atomic E-state index is 0.178. The first-order chi connectivity index (χ1) is 14.0. The number of carbonyl (C=O) groups is 1. The number of carbonyl (C=O) groups excluding carboxylic acids is 1. The highest BCUT2D eigenvalue weighted by atomic mass is 19.3. The summed E-state index contributed by atoms with van der Waals surface area (Å²) in [4.78, 5) is 17.3. The summed E-state index contributed by atoms with van der Waals surface area (Å²) in [5.41, 5.74) is 1.25. The molecule has 0 radical (unpaired) electrons. The van der Waals surface area contributed by atoms with Crippen LogP contribution in [0.15, 0.2) is 12.1 Å². The van der Waals surface area contributed by atoms with Crippen molar-refractivity contribution in [2.24, 2.45) is 23.2 Å². The maximum Gasteiger partial charge on any atom is 0.280 e. The molecule has 5 aliphatic carbocycles. The molecule has 0 saturated heterocycles. The van der Waals surface area contributed by atoms with Crippen molar-refractivity contribution in [3.05, 3.63) is 29.2 Å². The third-order valence-corrected chi connectivity index (χ3v) is 7.72. The van der Waals surface area contributed by atoms with Crippen LogP contribution in [0, 0.1) is 23.2 Å². The van der Waals surface area contributed by atoms with Gasteiger partial charge in [0.25, 0.3) is 12.3 Å². The number of hydrogen-bond donors (Lipinski definition) is 1. The Bertz CT molecular complexity index is 945. The fraction of sp³-hybridized carbons (Fsp3) is 0.682. The van der Waals surface area contributed by atoms with Crippen molar-refractivity contribution in [3.8, 4) is 0 Å². The van der Waals surface area contributed by atoms with E-state index in [2.05, 4.69) is 15.4 Å². The molecule has 7 heteroatoms. The number of nitrogens with zero attached hydrogens (tertiary/aromatic N) is 3. The molecule has 0 aromatic carbocycles. The van der Waals surface area contributed by atoms with Crippen LogP contribution in [0.5, 0.6) is 0 Å². The summed E-state index contributed by atoms with van der Waals surface area (Å²) >= 11 is 0. The maximum atomic E-state index is 13.6. The van der Waals surface area contributed by atoms with E-state index in [1.165, 1.54) is 44.6 Å². The molecule has 5 nitrogen and oxygen atoms in total. The molecule has 0 spiro atoms. The lowest BCUT2D eigenvalue weighted by Crippen LogP contribution is -2.51. The number of fused-ring (bicyclic) bond motifs is 1. The summed E-state index contributed by atoms with van der Waals surface area (Å²) in [7, 11) is 0. The molecular formula is C22H26F2N4O. The minimum atomic E-state index is -2.65. The van der Waals surface area contributed by atoms with Crippen LogP contribution in [0.3, 0.4) is 0 Å². The molecule has 4 bridgehead atoms. The Hall–Kier alpha value is -2.05. The SMILES string of the molecule is O=C(NCC12CC3CC(CC(C3)C1)C2)c1cc2nc(C3CC3)cc(C(F)F)n2n1. The number of halogens is 2. The second-order valence-electron chi connectivity index (χ2n) is 10.1. The van der Waals surface area contributed by atoms with Gasteiger partial charge in [-0.1, -0.05) is 0 Å². The van der Waals surface area contributed by atoms with Crippen LogP contribution in [0.25, 0.3) is 5.65 Å². The monoisotopic (exact) mass is 400 g/mol. The quantitative estimate of drug-likeness (QED) is 0.804. The number of nitrogens with one attached hydrogen (secondary N) is 1. The van der Waals surface area contributed by atoms with Crippen LogP contribution in [0.1, 0.15) is 85.6 Å². The lowest BCUT2D eigenvalue weighted by atomic mass is 9.49. The highest BCUT2D eigenvalue weighted by molar-refractivity contribution is 5.93. The predicted molar refractivity (Wildman–Crippen MR) is 103 cm³/mol. The van der Waals surface area contributed by atoms with Crippen LogP contribution in [-0.2, 0) is 0 Å². The minimum Gasteiger partial charge on any atom is -0.350 e. The van der Waals surface area contributed by atoms with E-state index >= 15 is 0 Å². The lowest BCUT2D eigenvalue weighted by Gasteiger charge is -2.56. The normalized spacial score (nSPS) is 33.0. The Balaban J connectivity index is 1.23. The molecule has 0 atom stereocenters. The van der Waals surface area contributed by atoms with Crippen molar-refractivity contribution in [3.63, 3.8) is 0 Å². The first kappa shape index (κ1) is 17.8. The zero-order valence-corrected chi connectivity index (χ0v) is 16.4. The number of aromatic nitrogens is 3. The van der Waals surface area contributed by atoms with E-state index < -0.39 is 6.43 Å². The Morgan fingerprint density at radius 1 is 1.14 bits per heavy atom. The van der Waals surface area contributed by atoms with Crippen LogP contribution in [0.4, 0.5) is 8.78 Å². The van der Waals surface area contributed by atoms with Crippen molar-refractivity contribution >= 4 is 11.6 Å². The summed E-state index contributed by atoms with van der Waals surface area (Å²) in [6.45, 7) is 0.672. The fourth-order valence-corrected chi connectivity index (χ4v) is 6.74. The van der Waals surface area contributed by atoms with Gasteiger partial charge in [-0.05, 0) is 80.6 Å². The summed E-state index contributed by atoms with van der Waals surface area (Å²) in [6, 6.07) is 2.99. The largest absolute Gasteiger partial charge is 0.350 e. The lowest BCUT2D eigenvalue weighted by molar-refractivity contribution is -0.0503. The molecule has 1 N–H and O–H groups in total. The first-order valence-corrected chi connectivity index (χ1v) is 10.9. The van der Waals surface area contributed by atoms with E-state index in [9.17, 15) is 13.6 Å². The number of rotatable bonds is 5. The summed E-state index contributed by atoms with van der Waals surface area (Å²) in [6.07, 6.45) is 7.06. The molecule has 2 aromatic rings. The van der Waals surface area contributed by atoms with Gasteiger partial charge in [-0.2, -0.15) is 5.10 Å². The molecule has 5 fully saturated rings. The van der Waals surface area contributed by atoms with Gasteiger partial charge in [0, 0.05) is 24.2 Å². The predicted octanol–water partition coefficient (Wildman–Crippen LogP) is 4.49. The van der Waals surface area contributed by atoms with E-state index in [0.717, 1.165) is 35.1 Å². The van der Waals surface area contributed by atoms with Gasteiger partial charge in [0.2, 0.25) is 0 Å². The third-order valence-electron chi connectivity index (χ3n) is 7.72. The van der Waals surface area contributed by atoms with Crippen molar-refractivity contribution in [1.29, 1.82) is 0 Å². The van der Waals surface area contributed by atoms with Gasteiger partial charge >= 0.3 is 0 Å². The van der Waals surface area contributed by atoms with Crippen LogP contribution in [0.2, 0.25) is 0 Å². The first-order valence-electron chi connectivity index (χ1n) is 10.9. The molecule has 154 valence electrons. The van der Waals surface area contributed by atoms with Crippen molar-refractivity contribution < 1.29 is 13.6 Å². The molecule has 7 rings (SSSR count). The second kappa shape index (κ2) is 6.22. The van der Waals surface area contributed by atoms with E-state index in [1.807, 2.05) is 0 Å². The molecule has 2 heterocycles. The zero-order chi connectivity index (χ0) is 19.8. The number of hydrogen-bond acceptors (Lipinski definition) is 3. The van der Waals surface area contributed by atoms with Gasteiger partial charge in [0.05, 0.1) is 0 Å². The van der Waals surface area contributed by atoms with Crippen molar-refractivity contribution in [2.45, 2.75) is 63.7 Å². The fourth-order valence-electron chi connectivity index (χ4n) is 6.74. The van der Waals surface area contributed by atoms with E-state index in [0.29, 0.717) is 17.9 Å². The highest BCUT2D eigenvalue weighted by Gasteiger charge is 2.50. The summed E-state index contributed by atoms with van der Waals surface area (Å²) in [5.74, 6) is 2.46. The Labute approximate surface area is 168 Å². The molecule has 5 saturated carbocycles. The smallest absolute Gasteiger partial charge is 0.280 e. The van der Waals surface area contributed by atoms with Gasteiger partial charge < -0.3 is 5.32 Å². The van der Waals surface area contributed by atoms with Gasteiger partial charge in [0.1, 0.15) is 5.69 Å². The average molecular weight is 400 g/mol. The molecule has 5 aliphatic rings. The average Bonchev–Trinajstić information content (AvgIpc) is 3.43. The van der Waals surface area contributed by atoms with Crippen LogP contribution in [-0.4, -0.2) is 27.0 Å². The van der Waals surface area contributed by atoms with Gasteiger partial charge in [0.15, 0.2) is 11.3 Å². The summed E-state index contributed by atoms with van der Waals surface area (Å²) in [5, 5.41) is 7.27. The topological polar surface area (TPSA) is 59.3 Å². The standard InChI is InChI=1S/C22H26F2N4O/c23-20(24)18-6-16(15-1-2-15)26-19-7-17(27-28(18)19)21(29)25-11-22-8-12-3-13(9-22)5-14(4-12)10-22/h6-7,12-15,20H,1-5,8-11H2,(H,25,29).